The number of amides is 1. The van der Waals surface area contributed by atoms with Gasteiger partial charge in [0, 0.05) is 42.4 Å². The molecule has 0 radical (unpaired) electrons. The Hall–Kier alpha value is -4.20. The van der Waals surface area contributed by atoms with Crippen LogP contribution in [0.2, 0.25) is 0 Å². The molecule has 0 aliphatic carbocycles. The summed E-state index contributed by atoms with van der Waals surface area (Å²) in [6.45, 7) is 5.61. The number of nitrogens with one attached hydrogen (secondary N) is 1. The van der Waals surface area contributed by atoms with Crippen molar-refractivity contribution in [1.82, 2.24) is 14.9 Å². The maximum Gasteiger partial charge on any atom is 0.269 e. The molecule has 8 heteroatoms. The highest BCUT2D eigenvalue weighted by molar-refractivity contribution is 5.84. The number of hydrogen-bond donors (Lipinski definition) is 1. The van der Waals surface area contributed by atoms with E-state index in [1.165, 1.54) is 12.1 Å². The first kappa shape index (κ1) is 26.9. The highest BCUT2D eigenvalue weighted by Gasteiger charge is 2.16. The van der Waals surface area contributed by atoms with E-state index in [9.17, 15) is 14.9 Å². The lowest BCUT2D eigenvalue weighted by Crippen LogP contribution is -2.24. The van der Waals surface area contributed by atoms with E-state index < -0.39 is 4.92 Å². The van der Waals surface area contributed by atoms with Gasteiger partial charge in [0.05, 0.1) is 22.6 Å². The van der Waals surface area contributed by atoms with Crippen molar-refractivity contribution in [2.24, 2.45) is 5.92 Å². The molecule has 0 fully saturated rings. The normalized spacial score (nSPS) is 11.1. The molecule has 0 aliphatic heterocycles. The molecule has 4 aromatic rings. The van der Waals surface area contributed by atoms with Crippen molar-refractivity contribution in [3.63, 3.8) is 0 Å². The minimum Gasteiger partial charge on any atom is -0.494 e. The van der Waals surface area contributed by atoms with E-state index in [1.807, 2.05) is 53.1 Å². The van der Waals surface area contributed by atoms with Crippen molar-refractivity contribution in [3.05, 3.63) is 82.9 Å². The molecule has 3 aromatic carbocycles. The number of aromatic nitrogens is 2. The third-order valence-electron chi connectivity index (χ3n) is 6.34. The molecule has 38 heavy (non-hydrogen) atoms. The summed E-state index contributed by atoms with van der Waals surface area (Å²) in [6, 6.07) is 22.1. The van der Waals surface area contributed by atoms with E-state index in [-0.39, 0.29) is 11.6 Å². The SMILES string of the molecule is CC(C)CCNC(=O)CCCCCOc1ccc2nc(-c3ccc([N+](=O)[O-])cc3)n(-c3ccccc3)c2c1. The van der Waals surface area contributed by atoms with Crippen LogP contribution in [0.3, 0.4) is 0 Å². The van der Waals surface area contributed by atoms with E-state index in [0.717, 1.165) is 60.3 Å². The van der Waals surface area contributed by atoms with Crippen molar-refractivity contribution in [2.75, 3.05) is 13.2 Å². The average Bonchev–Trinajstić information content (AvgIpc) is 3.30. The smallest absolute Gasteiger partial charge is 0.269 e. The quantitative estimate of drug-likeness (QED) is 0.122. The standard InChI is InChI=1S/C30H34N4O4/c1-22(2)18-19-31-29(35)11-7-4-8-20-38-26-16-17-27-28(21-26)33(24-9-5-3-6-10-24)30(32-27)23-12-14-25(15-13-23)34(36)37/h3,5-6,9-10,12-17,21-22H,4,7-8,11,18-20H2,1-2H3,(H,31,35). The van der Waals surface area contributed by atoms with Crippen LogP contribution in [0.25, 0.3) is 28.1 Å². The number of unbranched alkanes of at least 4 members (excludes halogenated alkanes) is 2. The first-order valence-electron chi connectivity index (χ1n) is 13.1. The van der Waals surface area contributed by atoms with E-state index in [0.29, 0.717) is 24.8 Å². The van der Waals surface area contributed by atoms with Gasteiger partial charge in [-0.15, -0.1) is 0 Å². The zero-order chi connectivity index (χ0) is 26.9. The summed E-state index contributed by atoms with van der Waals surface area (Å²) >= 11 is 0. The van der Waals surface area contributed by atoms with Gasteiger partial charge in [0.2, 0.25) is 5.91 Å². The number of nitrogens with zero attached hydrogens (tertiary/aromatic N) is 3. The average molecular weight is 515 g/mol. The summed E-state index contributed by atoms with van der Waals surface area (Å²) < 4.78 is 8.09. The number of hydrogen-bond acceptors (Lipinski definition) is 5. The number of nitro groups is 1. The van der Waals surface area contributed by atoms with Gasteiger partial charge < -0.3 is 10.1 Å². The molecule has 0 bridgehead atoms. The van der Waals surface area contributed by atoms with E-state index in [4.69, 9.17) is 9.72 Å². The lowest BCUT2D eigenvalue weighted by molar-refractivity contribution is -0.384. The van der Waals surface area contributed by atoms with Crippen LogP contribution in [-0.2, 0) is 4.79 Å². The fraction of sp³-hybridized carbons (Fsp3) is 0.333. The molecule has 0 spiro atoms. The predicted octanol–water partition coefficient (Wildman–Crippen LogP) is 6.70. The molecule has 0 aliphatic rings. The Kier molecular flexibility index (Phi) is 9.08. The summed E-state index contributed by atoms with van der Waals surface area (Å²) in [5.74, 6) is 2.16. The summed E-state index contributed by atoms with van der Waals surface area (Å²) in [7, 11) is 0. The maximum absolute atomic E-state index is 11.9. The van der Waals surface area contributed by atoms with Crippen LogP contribution in [0.15, 0.2) is 72.8 Å². The molecule has 0 saturated carbocycles. The second kappa shape index (κ2) is 12.9. The summed E-state index contributed by atoms with van der Waals surface area (Å²) in [5.41, 5.74) is 3.45. The fourth-order valence-electron chi connectivity index (χ4n) is 4.25. The maximum atomic E-state index is 11.9. The molecule has 1 amide bonds. The molecule has 0 unspecified atom stereocenters. The van der Waals surface area contributed by atoms with Gasteiger partial charge in [0.15, 0.2) is 0 Å². The first-order chi connectivity index (χ1) is 18.4. The topological polar surface area (TPSA) is 99.3 Å². The number of imidazole rings is 1. The van der Waals surface area contributed by atoms with Crippen LogP contribution in [0, 0.1) is 16.0 Å². The number of non-ortho nitro benzene ring substituents is 1. The first-order valence-corrected chi connectivity index (χ1v) is 13.1. The Labute approximate surface area is 222 Å². The predicted molar refractivity (Wildman–Crippen MR) is 150 cm³/mol. The van der Waals surface area contributed by atoms with Crippen molar-refractivity contribution < 1.29 is 14.5 Å². The zero-order valence-corrected chi connectivity index (χ0v) is 21.9. The Morgan fingerprint density at radius 2 is 1.79 bits per heavy atom. The molecule has 4 rings (SSSR count). The summed E-state index contributed by atoms with van der Waals surface area (Å²) in [6.07, 6.45) is 4.18. The van der Waals surface area contributed by atoms with Gasteiger partial charge in [-0.1, -0.05) is 32.0 Å². The number of carbonyl (C=O) groups is 1. The molecular formula is C30H34N4O4. The monoisotopic (exact) mass is 514 g/mol. The van der Waals surface area contributed by atoms with Crippen LogP contribution in [-0.4, -0.2) is 33.5 Å². The van der Waals surface area contributed by atoms with Crippen LogP contribution in [0.1, 0.15) is 46.0 Å². The lowest BCUT2D eigenvalue weighted by atomic mass is 10.1. The number of carbonyl (C=O) groups excluding carboxylic acids is 1. The molecule has 1 heterocycles. The minimum atomic E-state index is -0.406. The number of ether oxygens (including phenoxy) is 1. The molecule has 198 valence electrons. The fourth-order valence-corrected chi connectivity index (χ4v) is 4.25. The number of benzene rings is 3. The third kappa shape index (κ3) is 6.97. The van der Waals surface area contributed by atoms with Crippen LogP contribution >= 0.6 is 0 Å². The van der Waals surface area contributed by atoms with Gasteiger partial charge >= 0.3 is 0 Å². The molecule has 0 atom stereocenters. The van der Waals surface area contributed by atoms with Crippen molar-refractivity contribution in [2.45, 2.75) is 46.0 Å². The van der Waals surface area contributed by atoms with Crippen molar-refractivity contribution >= 4 is 22.6 Å². The largest absolute Gasteiger partial charge is 0.494 e. The van der Waals surface area contributed by atoms with E-state index in [1.54, 1.807) is 12.1 Å². The van der Waals surface area contributed by atoms with Gasteiger partial charge in [-0.3, -0.25) is 19.5 Å². The lowest BCUT2D eigenvalue weighted by Gasteiger charge is -2.11. The van der Waals surface area contributed by atoms with Gasteiger partial charge in [0.1, 0.15) is 11.6 Å². The molecule has 0 saturated heterocycles. The minimum absolute atomic E-state index is 0.0403. The van der Waals surface area contributed by atoms with Crippen LogP contribution < -0.4 is 10.1 Å². The summed E-state index contributed by atoms with van der Waals surface area (Å²) in [5, 5.41) is 14.1. The van der Waals surface area contributed by atoms with E-state index >= 15 is 0 Å². The van der Waals surface area contributed by atoms with Crippen LogP contribution in [0.4, 0.5) is 5.69 Å². The highest BCUT2D eigenvalue weighted by atomic mass is 16.6. The Balaban J connectivity index is 1.43. The number of para-hydroxylation sites is 1. The van der Waals surface area contributed by atoms with Crippen molar-refractivity contribution in [3.8, 4) is 22.8 Å². The second-order valence-electron chi connectivity index (χ2n) is 9.75. The molecule has 8 nitrogen and oxygen atoms in total. The van der Waals surface area contributed by atoms with Gasteiger partial charge in [-0.25, -0.2) is 4.98 Å². The molecular weight excluding hydrogens is 480 g/mol. The third-order valence-corrected chi connectivity index (χ3v) is 6.34. The molecule has 1 N–H and O–H groups in total. The highest BCUT2D eigenvalue weighted by Crippen LogP contribution is 2.31. The number of fused-ring (bicyclic) bond motifs is 1. The van der Waals surface area contributed by atoms with Crippen molar-refractivity contribution in [1.29, 1.82) is 0 Å². The van der Waals surface area contributed by atoms with Crippen LogP contribution in [0.5, 0.6) is 5.75 Å². The second-order valence-corrected chi connectivity index (χ2v) is 9.75. The van der Waals surface area contributed by atoms with Gasteiger partial charge in [-0.2, -0.15) is 0 Å². The Morgan fingerprint density at radius 3 is 2.50 bits per heavy atom. The molecule has 1 aromatic heterocycles. The van der Waals surface area contributed by atoms with Gasteiger partial charge in [-0.05, 0) is 68.0 Å². The zero-order valence-electron chi connectivity index (χ0n) is 21.9. The number of nitro benzene ring substituents is 1. The Bertz CT molecular complexity index is 1360. The Morgan fingerprint density at radius 1 is 1.03 bits per heavy atom. The summed E-state index contributed by atoms with van der Waals surface area (Å²) in [4.78, 5) is 27.5. The van der Waals surface area contributed by atoms with E-state index in [2.05, 4.69) is 19.2 Å². The van der Waals surface area contributed by atoms with Gasteiger partial charge in [0.25, 0.3) is 5.69 Å². The number of rotatable bonds is 13.